The molecule has 0 bridgehead atoms. The molecule has 1 atom stereocenters. The van der Waals surface area contributed by atoms with E-state index in [0.717, 1.165) is 29.3 Å². The van der Waals surface area contributed by atoms with Crippen molar-refractivity contribution in [2.24, 2.45) is 0 Å². The van der Waals surface area contributed by atoms with E-state index in [1.165, 1.54) is 0 Å². The van der Waals surface area contributed by atoms with E-state index in [4.69, 9.17) is 11.6 Å². The van der Waals surface area contributed by atoms with E-state index < -0.39 is 0 Å². The Balaban J connectivity index is 2.74. The number of halogens is 2. The minimum Gasteiger partial charge on any atom is -0.388 e. The molecule has 78 valence electrons. The number of benzene rings is 1. The van der Waals surface area contributed by atoms with Crippen LogP contribution < -0.4 is 0 Å². The molecule has 0 aliphatic heterocycles. The summed E-state index contributed by atoms with van der Waals surface area (Å²) in [6.07, 6.45) is 2.55. The predicted molar refractivity (Wildman–Crippen MR) is 63.6 cm³/mol. The highest BCUT2D eigenvalue weighted by atomic mass is 79.9. The van der Waals surface area contributed by atoms with Crippen LogP contribution in [0.4, 0.5) is 0 Å². The molecule has 14 heavy (non-hydrogen) atoms. The van der Waals surface area contributed by atoms with E-state index in [0.29, 0.717) is 5.02 Å². The number of rotatable bonds is 4. The second kappa shape index (κ2) is 5.74. The van der Waals surface area contributed by atoms with Gasteiger partial charge in [0.2, 0.25) is 0 Å². The molecule has 0 amide bonds. The molecule has 1 N–H and O–H groups in total. The predicted octanol–water partition coefficient (Wildman–Crippen LogP) is 4.33. The summed E-state index contributed by atoms with van der Waals surface area (Å²) in [5, 5.41) is 10.5. The van der Waals surface area contributed by atoms with Crippen molar-refractivity contribution in [3.63, 3.8) is 0 Å². The summed E-state index contributed by atoms with van der Waals surface area (Å²) in [7, 11) is 0. The van der Waals surface area contributed by atoms with Gasteiger partial charge in [0.25, 0.3) is 0 Å². The van der Waals surface area contributed by atoms with Gasteiger partial charge in [0.15, 0.2) is 0 Å². The summed E-state index contributed by atoms with van der Waals surface area (Å²) >= 11 is 9.21. The quantitative estimate of drug-likeness (QED) is 0.868. The smallest absolute Gasteiger partial charge is 0.0801 e. The average Bonchev–Trinajstić information content (AvgIpc) is 2.14. The molecule has 0 aromatic heterocycles. The third-order valence-corrected chi connectivity index (χ3v) is 3.07. The summed E-state index contributed by atoms with van der Waals surface area (Å²) in [6, 6.07) is 5.48. The molecule has 0 spiro atoms. The van der Waals surface area contributed by atoms with E-state index in [-0.39, 0.29) is 6.10 Å². The molecule has 0 radical (unpaired) electrons. The average molecular weight is 278 g/mol. The third kappa shape index (κ3) is 3.26. The molecule has 0 saturated heterocycles. The maximum absolute atomic E-state index is 9.85. The van der Waals surface area contributed by atoms with Crippen molar-refractivity contribution in [3.8, 4) is 0 Å². The third-order valence-electron chi connectivity index (χ3n) is 2.15. The van der Waals surface area contributed by atoms with Crippen LogP contribution in [0.5, 0.6) is 0 Å². The first-order valence-electron chi connectivity index (χ1n) is 4.78. The normalized spacial score (nSPS) is 12.9. The Morgan fingerprint density at radius 2 is 2.21 bits per heavy atom. The van der Waals surface area contributed by atoms with Gasteiger partial charge in [-0.15, -0.1) is 0 Å². The van der Waals surface area contributed by atoms with Crippen molar-refractivity contribution in [2.75, 3.05) is 0 Å². The van der Waals surface area contributed by atoms with Gasteiger partial charge in [0.05, 0.1) is 6.10 Å². The number of aliphatic hydroxyl groups is 1. The van der Waals surface area contributed by atoms with Crippen LogP contribution in [-0.2, 0) is 0 Å². The fourth-order valence-corrected chi connectivity index (χ4v) is 2.27. The highest BCUT2D eigenvalue weighted by molar-refractivity contribution is 9.10. The van der Waals surface area contributed by atoms with Gasteiger partial charge < -0.3 is 5.11 Å². The molecule has 3 heteroatoms. The Kier molecular flexibility index (Phi) is 4.93. The van der Waals surface area contributed by atoms with Gasteiger partial charge >= 0.3 is 0 Å². The first-order valence-corrected chi connectivity index (χ1v) is 5.95. The highest BCUT2D eigenvalue weighted by Gasteiger charge is 2.10. The second-order valence-corrected chi connectivity index (χ2v) is 4.61. The van der Waals surface area contributed by atoms with Crippen molar-refractivity contribution >= 4 is 27.5 Å². The summed E-state index contributed by atoms with van der Waals surface area (Å²) in [5.41, 5.74) is 0.919. The summed E-state index contributed by atoms with van der Waals surface area (Å²) < 4.78 is 0.883. The van der Waals surface area contributed by atoms with E-state index in [1.807, 2.05) is 12.1 Å². The van der Waals surface area contributed by atoms with Crippen LogP contribution in [0.2, 0.25) is 5.02 Å². The maximum Gasteiger partial charge on any atom is 0.0801 e. The van der Waals surface area contributed by atoms with E-state index >= 15 is 0 Å². The lowest BCUT2D eigenvalue weighted by Gasteiger charge is -2.12. The second-order valence-electron chi connectivity index (χ2n) is 3.32. The van der Waals surface area contributed by atoms with E-state index in [2.05, 4.69) is 22.9 Å². The Hall–Kier alpha value is -0.0500. The minimum absolute atomic E-state index is 0.387. The molecule has 1 rings (SSSR count). The van der Waals surface area contributed by atoms with Gasteiger partial charge in [-0.25, -0.2) is 0 Å². The van der Waals surface area contributed by atoms with E-state index in [1.54, 1.807) is 6.07 Å². The first kappa shape index (κ1) is 12.0. The zero-order valence-corrected chi connectivity index (χ0v) is 10.5. The van der Waals surface area contributed by atoms with Crippen molar-refractivity contribution < 1.29 is 5.11 Å². The van der Waals surface area contributed by atoms with Crippen molar-refractivity contribution in [3.05, 3.63) is 33.3 Å². The largest absolute Gasteiger partial charge is 0.388 e. The molecule has 1 nitrogen and oxygen atoms in total. The van der Waals surface area contributed by atoms with Crippen LogP contribution in [0.1, 0.15) is 37.9 Å². The van der Waals surface area contributed by atoms with Gasteiger partial charge in [0, 0.05) is 9.50 Å². The standard InChI is InChI=1S/C11H14BrClO/c1-2-3-4-11(14)9-6-5-8(13)7-10(9)12/h5-7,11,14H,2-4H2,1H3. The topological polar surface area (TPSA) is 20.2 Å². The molecular formula is C11H14BrClO. The Bertz CT molecular complexity index is 301. The number of hydrogen-bond acceptors (Lipinski definition) is 1. The lowest BCUT2D eigenvalue weighted by Crippen LogP contribution is -1.98. The Morgan fingerprint density at radius 1 is 1.50 bits per heavy atom. The molecule has 1 aromatic rings. The van der Waals surface area contributed by atoms with Crippen LogP contribution in [-0.4, -0.2) is 5.11 Å². The summed E-state index contributed by atoms with van der Waals surface area (Å²) in [4.78, 5) is 0. The SMILES string of the molecule is CCCCC(O)c1ccc(Cl)cc1Br. The van der Waals surface area contributed by atoms with Crippen LogP contribution in [0.25, 0.3) is 0 Å². The van der Waals surface area contributed by atoms with Crippen LogP contribution >= 0.6 is 27.5 Å². The Morgan fingerprint density at radius 3 is 2.79 bits per heavy atom. The molecule has 0 saturated carbocycles. The van der Waals surface area contributed by atoms with Crippen LogP contribution in [0, 0.1) is 0 Å². The van der Waals surface area contributed by atoms with Crippen LogP contribution in [0.15, 0.2) is 22.7 Å². The number of hydrogen-bond donors (Lipinski definition) is 1. The summed E-state index contributed by atoms with van der Waals surface area (Å²) in [5.74, 6) is 0. The van der Waals surface area contributed by atoms with Gasteiger partial charge in [-0.3, -0.25) is 0 Å². The molecule has 0 aliphatic carbocycles. The fourth-order valence-electron chi connectivity index (χ4n) is 1.32. The molecule has 1 unspecified atom stereocenters. The lowest BCUT2D eigenvalue weighted by atomic mass is 10.0. The monoisotopic (exact) mass is 276 g/mol. The van der Waals surface area contributed by atoms with E-state index in [9.17, 15) is 5.11 Å². The molecular weight excluding hydrogens is 263 g/mol. The molecule has 1 aromatic carbocycles. The van der Waals surface area contributed by atoms with Gasteiger partial charge in [-0.1, -0.05) is 53.4 Å². The van der Waals surface area contributed by atoms with Crippen molar-refractivity contribution in [1.82, 2.24) is 0 Å². The number of unbranched alkanes of at least 4 members (excludes halogenated alkanes) is 1. The minimum atomic E-state index is -0.387. The van der Waals surface area contributed by atoms with Crippen LogP contribution in [0.3, 0.4) is 0 Å². The van der Waals surface area contributed by atoms with Gasteiger partial charge in [-0.05, 0) is 24.1 Å². The lowest BCUT2D eigenvalue weighted by molar-refractivity contribution is 0.163. The summed E-state index contributed by atoms with van der Waals surface area (Å²) in [6.45, 7) is 2.11. The fraction of sp³-hybridized carbons (Fsp3) is 0.455. The number of aliphatic hydroxyl groups excluding tert-OH is 1. The maximum atomic E-state index is 9.85. The first-order chi connectivity index (χ1) is 6.65. The van der Waals surface area contributed by atoms with Crippen molar-refractivity contribution in [1.29, 1.82) is 0 Å². The molecule has 0 fully saturated rings. The van der Waals surface area contributed by atoms with Gasteiger partial charge in [0.1, 0.15) is 0 Å². The highest BCUT2D eigenvalue weighted by Crippen LogP contribution is 2.29. The Labute approximate surface area is 98.2 Å². The van der Waals surface area contributed by atoms with Crippen molar-refractivity contribution in [2.45, 2.75) is 32.3 Å². The molecule has 0 aliphatic rings. The van der Waals surface area contributed by atoms with Gasteiger partial charge in [-0.2, -0.15) is 0 Å². The molecule has 0 heterocycles. The zero-order chi connectivity index (χ0) is 10.6. The zero-order valence-electron chi connectivity index (χ0n) is 8.13.